The van der Waals surface area contributed by atoms with Crippen molar-refractivity contribution < 1.29 is 28.8 Å². The lowest BCUT2D eigenvalue weighted by atomic mass is 9.97. The molecule has 1 spiro atoms. The van der Waals surface area contributed by atoms with Gasteiger partial charge in [0, 0.05) is 30.8 Å². The van der Waals surface area contributed by atoms with E-state index in [2.05, 4.69) is 15.6 Å². The highest BCUT2D eigenvalue weighted by Crippen LogP contribution is 2.37. The molecule has 1 aromatic carbocycles. The number of benzene rings is 1. The van der Waals surface area contributed by atoms with E-state index in [1.165, 1.54) is 0 Å². The SMILES string of the molecule is O=CCNC(=O)[C@@H]1CCC[N+]12C(=O)C(NC(=O)c1nccc3ccccc13)CCC2O. The second-order valence-electron chi connectivity index (χ2n) is 8.03. The Hall–Kier alpha value is -3.17. The zero-order valence-electron chi connectivity index (χ0n) is 17.0. The van der Waals surface area contributed by atoms with E-state index in [4.69, 9.17) is 0 Å². The summed E-state index contributed by atoms with van der Waals surface area (Å²) in [6.07, 6.45) is 2.67. The fourth-order valence-corrected chi connectivity index (χ4v) is 4.92. The van der Waals surface area contributed by atoms with Crippen molar-refractivity contribution >= 4 is 34.8 Å². The normalized spacial score (nSPS) is 27.9. The Balaban J connectivity index is 1.59. The van der Waals surface area contributed by atoms with Crippen LogP contribution in [0.4, 0.5) is 0 Å². The molecule has 1 aromatic heterocycles. The van der Waals surface area contributed by atoms with Gasteiger partial charge < -0.3 is 20.5 Å². The number of pyridine rings is 1. The molecule has 0 saturated carbocycles. The van der Waals surface area contributed by atoms with E-state index < -0.39 is 34.6 Å². The van der Waals surface area contributed by atoms with Crippen molar-refractivity contribution in [2.24, 2.45) is 0 Å². The number of aliphatic hydroxyl groups excluding tert-OH is 1. The number of hydrogen-bond donors (Lipinski definition) is 3. The summed E-state index contributed by atoms with van der Waals surface area (Å²) in [5, 5.41) is 17.6. The Morgan fingerprint density at radius 1 is 1.19 bits per heavy atom. The number of rotatable bonds is 5. The van der Waals surface area contributed by atoms with Crippen LogP contribution in [-0.2, 0) is 14.4 Å². The first-order valence-electron chi connectivity index (χ1n) is 10.4. The molecule has 4 rings (SSSR count). The van der Waals surface area contributed by atoms with Gasteiger partial charge in [-0.25, -0.2) is 9.28 Å². The van der Waals surface area contributed by atoms with E-state index in [1.54, 1.807) is 18.3 Å². The largest absolute Gasteiger partial charge is 0.344 e. The summed E-state index contributed by atoms with van der Waals surface area (Å²) in [4.78, 5) is 54.0. The standard InChI is InChI=1S/C22H24N4O5/c27-13-11-24-20(29)17-6-3-12-26(17)18(28)8-7-16(22(26)31)25-21(30)19-15-5-2-1-4-14(15)9-10-23-19/h1-2,4-5,9-10,13,16-18,28H,3,6-8,11-12H2,(H-,24,25,29,30)/p+1/t16?,17-,18?,26?/m0/s1. The van der Waals surface area contributed by atoms with Gasteiger partial charge in [0.25, 0.3) is 11.8 Å². The number of piperidine rings is 1. The van der Waals surface area contributed by atoms with Crippen molar-refractivity contribution in [2.45, 2.75) is 44.0 Å². The van der Waals surface area contributed by atoms with Crippen molar-refractivity contribution in [3.63, 3.8) is 0 Å². The van der Waals surface area contributed by atoms with E-state index >= 15 is 0 Å². The van der Waals surface area contributed by atoms with Gasteiger partial charge in [0.2, 0.25) is 0 Å². The van der Waals surface area contributed by atoms with Crippen LogP contribution in [-0.4, -0.2) is 70.0 Å². The van der Waals surface area contributed by atoms with Crippen molar-refractivity contribution in [1.29, 1.82) is 0 Å². The third-order valence-corrected chi connectivity index (χ3v) is 6.37. The van der Waals surface area contributed by atoms with Crippen LogP contribution >= 0.6 is 0 Å². The molecule has 2 fully saturated rings. The van der Waals surface area contributed by atoms with Gasteiger partial charge in [0.15, 0.2) is 12.3 Å². The molecule has 3 heterocycles. The molecule has 3 unspecified atom stereocenters. The molecule has 9 heteroatoms. The molecular formula is C22H25N4O5+. The molecule has 2 aliphatic heterocycles. The van der Waals surface area contributed by atoms with Gasteiger partial charge in [0.05, 0.1) is 13.1 Å². The first-order chi connectivity index (χ1) is 15.0. The average Bonchev–Trinajstić information content (AvgIpc) is 3.23. The lowest BCUT2D eigenvalue weighted by Crippen LogP contribution is -2.72. The van der Waals surface area contributed by atoms with Crippen molar-refractivity contribution in [2.75, 3.05) is 13.1 Å². The zero-order chi connectivity index (χ0) is 22.0. The maximum Gasteiger partial charge on any atom is 0.338 e. The molecule has 2 saturated heterocycles. The minimum atomic E-state index is -1.02. The van der Waals surface area contributed by atoms with Crippen LogP contribution in [0.3, 0.4) is 0 Å². The molecule has 0 bridgehead atoms. The number of aromatic nitrogens is 1. The third kappa shape index (κ3) is 3.60. The van der Waals surface area contributed by atoms with E-state index in [-0.39, 0.29) is 31.0 Å². The number of aliphatic hydroxyl groups is 1. The summed E-state index contributed by atoms with van der Waals surface area (Å²) in [5.41, 5.74) is 0.227. The highest BCUT2D eigenvalue weighted by Gasteiger charge is 2.60. The summed E-state index contributed by atoms with van der Waals surface area (Å²) in [7, 11) is 0. The van der Waals surface area contributed by atoms with Gasteiger partial charge in [-0.3, -0.25) is 14.6 Å². The van der Waals surface area contributed by atoms with Crippen LogP contribution < -0.4 is 10.6 Å². The minimum absolute atomic E-state index is 0.146. The fraction of sp³-hybridized carbons (Fsp3) is 0.409. The number of quaternary nitrogens is 1. The smallest absolute Gasteiger partial charge is 0.338 e. The number of hydrogen-bond acceptors (Lipinski definition) is 6. The number of aldehydes is 1. The lowest BCUT2D eigenvalue weighted by molar-refractivity contribution is -0.909. The third-order valence-electron chi connectivity index (χ3n) is 6.37. The second-order valence-corrected chi connectivity index (χ2v) is 8.03. The molecule has 3 N–H and O–H groups in total. The van der Waals surface area contributed by atoms with E-state index in [1.807, 2.05) is 18.2 Å². The molecule has 4 atom stereocenters. The summed E-state index contributed by atoms with van der Waals surface area (Å²) in [5.74, 6) is -1.28. The minimum Gasteiger partial charge on any atom is -0.344 e. The highest BCUT2D eigenvalue weighted by atomic mass is 16.3. The molecule has 162 valence electrons. The van der Waals surface area contributed by atoms with Gasteiger partial charge in [-0.2, -0.15) is 0 Å². The Morgan fingerprint density at radius 3 is 2.81 bits per heavy atom. The van der Waals surface area contributed by atoms with Gasteiger partial charge in [-0.05, 0) is 17.9 Å². The Kier molecular flexibility index (Phi) is 5.79. The first-order valence-corrected chi connectivity index (χ1v) is 10.4. The van der Waals surface area contributed by atoms with Crippen LogP contribution in [0.2, 0.25) is 0 Å². The van der Waals surface area contributed by atoms with Gasteiger partial charge in [-0.1, -0.05) is 24.3 Å². The molecule has 0 radical (unpaired) electrons. The average molecular weight is 425 g/mol. The molecule has 2 aromatic rings. The predicted octanol–water partition coefficient (Wildman–Crippen LogP) is 0.266. The molecule has 9 nitrogen and oxygen atoms in total. The molecule has 2 aliphatic rings. The summed E-state index contributed by atoms with van der Waals surface area (Å²) in [6.45, 7) is 0.171. The predicted molar refractivity (Wildman–Crippen MR) is 110 cm³/mol. The van der Waals surface area contributed by atoms with Gasteiger partial charge >= 0.3 is 5.91 Å². The van der Waals surface area contributed by atoms with Crippen LogP contribution in [0.1, 0.15) is 36.2 Å². The van der Waals surface area contributed by atoms with Gasteiger partial charge in [0.1, 0.15) is 18.0 Å². The van der Waals surface area contributed by atoms with E-state index in [0.29, 0.717) is 31.1 Å². The number of nitrogens with one attached hydrogen (secondary N) is 2. The summed E-state index contributed by atoms with van der Waals surface area (Å²) < 4.78 is -0.404. The van der Waals surface area contributed by atoms with Crippen LogP contribution in [0, 0.1) is 0 Å². The molecule has 31 heavy (non-hydrogen) atoms. The topological polar surface area (TPSA) is 125 Å². The monoisotopic (exact) mass is 425 g/mol. The molecular weight excluding hydrogens is 400 g/mol. The maximum atomic E-state index is 13.5. The Morgan fingerprint density at radius 2 is 2.00 bits per heavy atom. The van der Waals surface area contributed by atoms with Crippen molar-refractivity contribution in [1.82, 2.24) is 15.6 Å². The number of carbonyl (C=O) groups is 4. The summed E-state index contributed by atoms with van der Waals surface area (Å²) in [6, 6.07) is 7.55. The second kappa shape index (κ2) is 8.52. The van der Waals surface area contributed by atoms with Crippen LogP contribution in [0.15, 0.2) is 36.5 Å². The quantitative estimate of drug-likeness (QED) is 0.466. The number of carbonyl (C=O) groups excluding carboxylic acids is 4. The fourth-order valence-electron chi connectivity index (χ4n) is 4.92. The maximum absolute atomic E-state index is 13.5. The molecule has 3 amide bonds. The van der Waals surface area contributed by atoms with Gasteiger partial charge in [-0.15, -0.1) is 0 Å². The van der Waals surface area contributed by atoms with E-state index in [0.717, 1.165) is 5.39 Å². The number of fused-ring (bicyclic) bond motifs is 1. The lowest BCUT2D eigenvalue weighted by Gasteiger charge is -2.45. The van der Waals surface area contributed by atoms with Crippen LogP contribution in [0.25, 0.3) is 10.8 Å². The first kappa shape index (κ1) is 21.1. The highest BCUT2D eigenvalue weighted by molar-refractivity contribution is 6.06. The van der Waals surface area contributed by atoms with Crippen molar-refractivity contribution in [3.05, 3.63) is 42.2 Å². The Bertz CT molecular complexity index is 1040. The number of amides is 3. The Labute approximate surface area is 179 Å². The summed E-state index contributed by atoms with van der Waals surface area (Å²) >= 11 is 0. The molecule has 0 aliphatic carbocycles. The zero-order valence-corrected chi connectivity index (χ0v) is 17.0. The van der Waals surface area contributed by atoms with Crippen LogP contribution in [0.5, 0.6) is 0 Å². The van der Waals surface area contributed by atoms with E-state index in [9.17, 15) is 24.3 Å². The number of nitrogens with zero attached hydrogens (tertiary/aromatic N) is 2. The van der Waals surface area contributed by atoms with Crippen molar-refractivity contribution in [3.8, 4) is 0 Å².